The van der Waals surface area contributed by atoms with E-state index in [2.05, 4.69) is 17.1 Å². The highest BCUT2D eigenvalue weighted by atomic mass is 16.5. The molecule has 0 aliphatic heterocycles. The van der Waals surface area contributed by atoms with Crippen molar-refractivity contribution >= 4 is 10.9 Å². The maximum Gasteiger partial charge on any atom is 0.145 e. The second-order valence-electron chi connectivity index (χ2n) is 6.58. The number of aliphatic hydroxyl groups excluding tert-OH is 1. The van der Waals surface area contributed by atoms with Gasteiger partial charge in [-0.15, -0.1) is 0 Å². The molecule has 1 spiro atoms. The molecule has 3 heteroatoms. The second-order valence-corrected chi connectivity index (χ2v) is 6.58. The highest BCUT2D eigenvalue weighted by Gasteiger charge is 2.57. The molecule has 1 heterocycles. The van der Waals surface area contributed by atoms with Crippen LogP contribution in [0.5, 0.6) is 5.75 Å². The Morgan fingerprint density at radius 2 is 2.00 bits per heavy atom. The van der Waals surface area contributed by atoms with Crippen molar-refractivity contribution in [2.45, 2.75) is 51.2 Å². The summed E-state index contributed by atoms with van der Waals surface area (Å²) in [5.41, 5.74) is 1.95. The molecule has 0 radical (unpaired) electrons. The molecule has 1 aromatic carbocycles. The summed E-state index contributed by atoms with van der Waals surface area (Å²) in [6.45, 7) is 2.00. The second kappa shape index (κ2) is 4.70. The summed E-state index contributed by atoms with van der Waals surface area (Å²) in [7, 11) is 0. The standard InChI is InChI=1S/C18H21NO2/c1-12-7-8-13-5-4-6-14(17(13)19-12)21-16-11-15(20)18(16)9-2-3-10-18/h4-8,15-16,20H,2-3,9-11H2,1H3. The number of para-hydroxylation sites is 1. The average Bonchev–Trinajstić information content (AvgIpc) is 3.00. The Morgan fingerprint density at radius 3 is 2.76 bits per heavy atom. The van der Waals surface area contributed by atoms with Gasteiger partial charge in [0, 0.05) is 22.9 Å². The molecule has 1 N–H and O–H groups in total. The SMILES string of the molecule is Cc1ccc2cccc(OC3CC(O)C34CCCC4)c2n1. The van der Waals surface area contributed by atoms with Crippen LogP contribution in [0, 0.1) is 12.3 Å². The van der Waals surface area contributed by atoms with Crippen molar-refractivity contribution in [1.82, 2.24) is 4.98 Å². The Balaban J connectivity index is 1.67. The van der Waals surface area contributed by atoms with Gasteiger partial charge in [-0.05, 0) is 31.9 Å². The van der Waals surface area contributed by atoms with Crippen LogP contribution < -0.4 is 4.74 Å². The molecule has 0 amide bonds. The molecule has 2 aromatic rings. The molecule has 2 unspecified atom stereocenters. The van der Waals surface area contributed by atoms with Crippen molar-refractivity contribution in [2.75, 3.05) is 0 Å². The van der Waals surface area contributed by atoms with E-state index in [1.807, 2.05) is 25.1 Å². The summed E-state index contributed by atoms with van der Waals surface area (Å²) in [5.74, 6) is 0.861. The van der Waals surface area contributed by atoms with Crippen LogP contribution in [0.1, 0.15) is 37.8 Å². The fraction of sp³-hybridized carbons (Fsp3) is 0.500. The van der Waals surface area contributed by atoms with Gasteiger partial charge in [-0.1, -0.05) is 31.0 Å². The van der Waals surface area contributed by atoms with Gasteiger partial charge < -0.3 is 9.84 Å². The van der Waals surface area contributed by atoms with E-state index < -0.39 is 0 Å². The van der Waals surface area contributed by atoms with Gasteiger partial charge in [0.15, 0.2) is 0 Å². The third kappa shape index (κ3) is 1.95. The first kappa shape index (κ1) is 13.1. The topological polar surface area (TPSA) is 42.4 Å². The number of pyridine rings is 1. The fourth-order valence-electron chi connectivity index (χ4n) is 4.05. The number of rotatable bonds is 2. The first-order valence-electron chi connectivity index (χ1n) is 7.90. The van der Waals surface area contributed by atoms with E-state index >= 15 is 0 Å². The van der Waals surface area contributed by atoms with Gasteiger partial charge in [0.1, 0.15) is 17.4 Å². The van der Waals surface area contributed by atoms with Crippen LogP contribution in [-0.2, 0) is 0 Å². The van der Waals surface area contributed by atoms with E-state index in [4.69, 9.17) is 4.74 Å². The van der Waals surface area contributed by atoms with Crippen LogP contribution in [0.15, 0.2) is 30.3 Å². The number of nitrogens with zero attached hydrogens (tertiary/aromatic N) is 1. The number of aliphatic hydroxyl groups is 1. The molecule has 0 saturated heterocycles. The minimum absolute atomic E-state index is 0.00594. The van der Waals surface area contributed by atoms with Crippen molar-refractivity contribution in [3.05, 3.63) is 36.0 Å². The third-order valence-corrected chi connectivity index (χ3v) is 5.37. The summed E-state index contributed by atoms with van der Waals surface area (Å²) in [5, 5.41) is 11.3. The first-order valence-corrected chi connectivity index (χ1v) is 7.90. The number of benzene rings is 1. The van der Waals surface area contributed by atoms with E-state index in [0.29, 0.717) is 0 Å². The van der Waals surface area contributed by atoms with Crippen LogP contribution in [0.4, 0.5) is 0 Å². The Morgan fingerprint density at radius 1 is 1.19 bits per heavy atom. The number of hydrogen-bond donors (Lipinski definition) is 1. The minimum atomic E-state index is -0.185. The zero-order chi connectivity index (χ0) is 14.4. The van der Waals surface area contributed by atoms with Gasteiger partial charge in [0.05, 0.1) is 6.10 Å². The molecule has 110 valence electrons. The summed E-state index contributed by atoms with van der Waals surface area (Å²) >= 11 is 0. The molecule has 21 heavy (non-hydrogen) atoms. The normalized spacial score (nSPS) is 27.0. The van der Waals surface area contributed by atoms with Crippen LogP contribution in [0.2, 0.25) is 0 Å². The predicted octanol–water partition coefficient (Wildman–Crippen LogP) is 3.62. The molecule has 2 aliphatic carbocycles. The fourth-order valence-corrected chi connectivity index (χ4v) is 4.05. The Kier molecular flexibility index (Phi) is 2.93. The molecular formula is C18H21NO2. The molecule has 1 aromatic heterocycles. The van der Waals surface area contributed by atoms with E-state index in [1.54, 1.807) is 0 Å². The molecule has 2 fully saturated rings. The average molecular weight is 283 g/mol. The number of fused-ring (bicyclic) bond motifs is 1. The van der Waals surface area contributed by atoms with Crippen LogP contribution >= 0.6 is 0 Å². The molecular weight excluding hydrogens is 262 g/mol. The van der Waals surface area contributed by atoms with E-state index in [-0.39, 0.29) is 17.6 Å². The lowest BCUT2D eigenvalue weighted by Crippen LogP contribution is -2.58. The lowest BCUT2D eigenvalue weighted by Gasteiger charge is -2.51. The van der Waals surface area contributed by atoms with Gasteiger partial charge in [-0.2, -0.15) is 0 Å². The van der Waals surface area contributed by atoms with Gasteiger partial charge in [-0.3, -0.25) is 0 Å². The summed E-state index contributed by atoms with van der Waals surface area (Å²) in [4.78, 5) is 4.63. The molecule has 3 nitrogen and oxygen atoms in total. The van der Waals surface area contributed by atoms with Crippen molar-refractivity contribution in [3.8, 4) is 5.75 Å². The Bertz CT molecular complexity index is 676. The van der Waals surface area contributed by atoms with Crippen LogP contribution in [0.25, 0.3) is 10.9 Å². The monoisotopic (exact) mass is 283 g/mol. The van der Waals surface area contributed by atoms with Gasteiger partial charge in [0.25, 0.3) is 0 Å². The quantitative estimate of drug-likeness (QED) is 0.915. The zero-order valence-corrected chi connectivity index (χ0v) is 12.4. The highest BCUT2D eigenvalue weighted by molar-refractivity contribution is 5.84. The van der Waals surface area contributed by atoms with Crippen molar-refractivity contribution in [2.24, 2.45) is 5.41 Å². The molecule has 2 saturated carbocycles. The molecule has 0 bridgehead atoms. The number of ether oxygens (including phenoxy) is 1. The largest absolute Gasteiger partial charge is 0.487 e. The smallest absolute Gasteiger partial charge is 0.145 e. The lowest BCUT2D eigenvalue weighted by atomic mass is 9.62. The van der Waals surface area contributed by atoms with Crippen molar-refractivity contribution in [3.63, 3.8) is 0 Å². The number of aromatic nitrogens is 1. The molecule has 4 rings (SSSR count). The first-order chi connectivity index (χ1) is 10.2. The van der Waals surface area contributed by atoms with Crippen molar-refractivity contribution in [1.29, 1.82) is 0 Å². The van der Waals surface area contributed by atoms with Gasteiger partial charge in [-0.25, -0.2) is 4.98 Å². The maximum atomic E-state index is 10.2. The lowest BCUT2D eigenvalue weighted by molar-refractivity contribution is -0.151. The maximum absolute atomic E-state index is 10.2. The Labute approximate surface area is 125 Å². The minimum Gasteiger partial charge on any atom is -0.487 e. The number of aryl methyl sites for hydroxylation is 1. The van der Waals surface area contributed by atoms with Gasteiger partial charge >= 0.3 is 0 Å². The van der Waals surface area contributed by atoms with E-state index in [1.165, 1.54) is 12.8 Å². The molecule has 2 aliphatic rings. The zero-order valence-electron chi connectivity index (χ0n) is 12.4. The van der Waals surface area contributed by atoms with Crippen LogP contribution in [0.3, 0.4) is 0 Å². The van der Waals surface area contributed by atoms with Crippen molar-refractivity contribution < 1.29 is 9.84 Å². The molecule has 2 atom stereocenters. The third-order valence-electron chi connectivity index (χ3n) is 5.37. The van der Waals surface area contributed by atoms with E-state index in [9.17, 15) is 5.11 Å². The summed E-state index contributed by atoms with van der Waals surface area (Å²) < 4.78 is 6.30. The summed E-state index contributed by atoms with van der Waals surface area (Å²) in [6, 6.07) is 10.2. The number of hydrogen-bond acceptors (Lipinski definition) is 3. The van der Waals surface area contributed by atoms with Crippen LogP contribution in [-0.4, -0.2) is 22.3 Å². The predicted molar refractivity (Wildman–Crippen MR) is 82.4 cm³/mol. The highest BCUT2D eigenvalue weighted by Crippen LogP contribution is 2.54. The van der Waals surface area contributed by atoms with Gasteiger partial charge in [0.2, 0.25) is 0 Å². The summed E-state index contributed by atoms with van der Waals surface area (Å²) in [6.07, 6.45) is 5.32. The van der Waals surface area contributed by atoms with E-state index in [0.717, 1.165) is 41.6 Å². The Hall–Kier alpha value is -1.61.